The number of hydrogen-bond acceptors (Lipinski definition) is 5. The van der Waals surface area contributed by atoms with E-state index in [4.69, 9.17) is 4.42 Å². The minimum atomic E-state index is 0.419. The monoisotopic (exact) mass is 240 g/mol. The van der Waals surface area contributed by atoms with Gasteiger partial charge in [0.1, 0.15) is 0 Å². The third-order valence-corrected chi connectivity index (χ3v) is 2.79. The van der Waals surface area contributed by atoms with Crippen molar-refractivity contribution in [2.45, 2.75) is 59.2 Å². The molecule has 0 spiro atoms. The zero-order valence-corrected chi connectivity index (χ0v) is 11.5. The van der Waals surface area contributed by atoms with Crippen molar-refractivity contribution in [2.75, 3.05) is 11.9 Å². The lowest BCUT2D eigenvalue weighted by atomic mass is 10.2. The lowest BCUT2D eigenvalue weighted by Crippen LogP contribution is -2.28. The Hall–Kier alpha value is -1.10. The zero-order valence-electron chi connectivity index (χ0n) is 11.5. The van der Waals surface area contributed by atoms with Gasteiger partial charge in [0, 0.05) is 19.1 Å². The van der Waals surface area contributed by atoms with Crippen molar-refractivity contribution in [3.05, 3.63) is 5.89 Å². The molecule has 0 amide bonds. The molecule has 0 aromatic carbocycles. The maximum atomic E-state index is 5.60. The fraction of sp³-hybridized carbons (Fsp3) is 0.833. The van der Waals surface area contributed by atoms with E-state index in [0.717, 1.165) is 12.8 Å². The zero-order chi connectivity index (χ0) is 12.8. The largest absolute Gasteiger partial charge is 0.407 e. The van der Waals surface area contributed by atoms with Gasteiger partial charge in [0.05, 0.1) is 6.54 Å². The molecule has 0 saturated carbocycles. The Labute approximate surface area is 104 Å². The highest BCUT2D eigenvalue weighted by molar-refractivity contribution is 5.23. The van der Waals surface area contributed by atoms with Gasteiger partial charge in [-0.25, -0.2) is 0 Å². The molecule has 1 rings (SSSR count). The fourth-order valence-corrected chi connectivity index (χ4v) is 1.55. The second kappa shape index (κ2) is 6.59. The van der Waals surface area contributed by atoms with Crippen LogP contribution in [0.1, 0.15) is 46.4 Å². The van der Waals surface area contributed by atoms with Crippen molar-refractivity contribution in [3.8, 4) is 0 Å². The van der Waals surface area contributed by atoms with Crippen LogP contribution in [0, 0.1) is 0 Å². The summed E-state index contributed by atoms with van der Waals surface area (Å²) in [6.45, 7) is 9.15. The van der Waals surface area contributed by atoms with E-state index in [0.29, 0.717) is 30.5 Å². The number of nitrogens with one attached hydrogen (secondary N) is 1. The Kier molecular flexibility index (Phi) is 5.41. The van der Waals surface area contributed by atoms with Crippen LogP contribution >= 0.6 is 0 Å². The molecule has 1 aromatic rings. The molecule has 98 valence electrons. The smallest absolute Gasteiger partial charge is 0.318 e. The summed E-state index contributed by atoms with van der Waals surface area (Å²) in [4.78, 5) is 2.04. The van der Waals surface area contributed by atoms with Crippen LogP contribution in [-0.4, -0.2) is 29.3 Å². The van der Waals surface area contributed by atoms with Crippen molar-refractivity contribution >= 4 is 6.01 Å². The van der Waals surface area contributed by atoms with Crippen LogP contribution in [0.2, 0.25) is 0 Å². The first-order valence-electron chi connectivity index (χ1n) is 6.33. The predicted octanol–water partition coefficient (Wildman–Crippen LogP) is 2.19. The Balaban J connectivity index is 2.54. The number of hydrogen-bond donors (Lipinski definition) is 1. The van der Waals surface area contributed by atoms with Crippen LogP contribution in [0.4, 0.5) is 6.01 Å². The summed E-state index contributed by atoms with van der Waals surface area (Å²) in [5.74, 6) is 0.643. The average molecular weight is 240 g/mol. The minimum absolute atomic E-state index is 0.419. The first-order chi connectivity index (χ1) is 8.04. The van der Waals surface area contributed by atoms with Crippen LogP contribution in [-0.2, 0) is 6.54 Å². The van der Waals surface area contributed by atoms with Crippen LogP contribution in [0.5, 0.6) is 0 Å². The highest BCUT2D eigenvalue weighted by atomic mass is 16.4. The van der Waals surface area contributed by atoms with Crippen molar-refractivity contribution in [3.63, 3.8) is 0 Å². The Morgan fingerprint density at radius 2 is 2.00 bits per heavy atom. The molecule has 0 saturated heterocycles. The maximum absolute atomic E-state index is 5.60. The standard InChI is InChI=1S/C12H24N4O/c1-6-7-10(4)16(5)12-15-14-11(17-12)8-13-9(2)3/h9-10,13H,6-8H2,1-5H3. The van der Waals surface area contributed by atoms with Gasteiger partial charge in [-0.3, -0.25) is 0 Å². The summed E-state index contributed by atoms with van der Waals surface area (Å²) in [6.07, 6.45) is 2.28. The molecule has 5 heteroatoms. The van der Waals surface area contributed by atoms with Gasteiger partial charge in [-0.15, -0.1) is 5.10 Å². The summed E-state index contributed by atoms with van der Waals surface area (Å²) in [7, 11) is 1.99. The lowest BCUT2D eigenvalue weighted by Gasteiger charge is -2.21. The van der Waals surface area contributed by atoms with E-state index < -0.39 is 0 Å². The van der Waals surface area contributed by atoms with E-state index in [1.54, 1.807) is 0 Å². The molecule has 1 atom stereocenters. The summed E-state index contributed by atoms with van der Waals surface area (Å²) < 4.78 is 5.60. The van der Waals surface area contributed by atoms with Gasteiger partial charge in [-0.2, -0.15) is 0 Å². The quantitative estimate of drug-likeness (QED) is 0.791. The fourth-order valence-electron chi connectivity index (χ4n) is 1.55. The molecule has 0 aliphatic carbocycles. The van der Waals surface area contributed by atoms with Gasteiger partial charge >= 0.3 is 6.01 Å². The molecule has 0 radical (unpaired) electrons. The molecule has 1 heterocycles. The van der Waals surface area contributed by atoms with Gasteiger partial charge < -0.3 is 14.6 Å². The van der Waals surface area contributed by atoms with Gasteiger partial charge in [0.15, 0.2) is 0 Å². The van der Waals surface area contributed by atoms with E-state index >= 15 is 0 Å². The normalized spacial score (nSPS) is 13.1. The lowest BCUT2D eigenvalue weighted by molar-refractivity contribution is 0.439. The molecule has 0 aliphatic heterocycles. The van der Waals surface area contributed by atoms with Gasteiger partial charge in [-0.05, 0) is 13.3 Å². The highest BCUT2D eigenvalue weighted by Gasteiger charge is 2.15. The Bertz CT molecular complexity index is 324. The SMILES string of the molecule is CCCC(C)N(C)c1nnc(CNC(C)C)o1. The third-order valence-electron chi connectivity index (χ3n) is 2.79. The molecule has 0 aliphatic rings. The summed E-state index contributed by atoms with van der Waals surface area (Å²) in [6, 6.07) is 1.44. The average Bonchev–Trinajstić information content (AvgIpc) is 2.74. The van der Waals surface area contributed by atoms with Crippen LogP contribution < -0.4 is 10.2 Å². The van der Waals surface area contributed by atoms with Crippen LogP contribution in [0.15, 0.2) is 4.42 Å². The van der Waals surface area contributed by atoms with Crippen molar-refractivity contribution in [2.24, 2.45) is 0 Å². The van der Waals surface area contributed by atoms with E-state index in [2.05, 4.69) is 43.2 Å². The Morgan fingerprint density at radius 3 is 2.59 bits per heavy atom. The molecule has 0 fully saturated rings. The maximum Gasteiger partial charge on any atom is 0.318 e. The minimum Gasteiger partial charge on any atom is -0.407 e. The number of anilines is 1. The van der Waals surface area contributed by atoms with E-state index in [1.807, 2.05) is 11.9 Å². The van der Waals surface area contributed by atoms with E-state index in [-0.39, 0.29) is 0 Å². The van der Waals surface area contributed by atoms with Gasteiger partial charge in [0.25, 0.3) is 0 Å². The Morgan fingerprint density at radius 1 is 1.29 bits per heavy atom. The van der Waals surface area contributed by atoms with Gasteiger partial charge in [-0.1, -0.05) is 32.3 Å². The summed E-state index contributed by atoms with van der Waals surface area (Å²) >= 11 is 0. The van der Waals surface area contributed by atoms with Crippen molar-refractivity contribution in [1.82, 2.24) is 15.5 Å². The molecule has 0 bridgehead atoms. The third kappa shape index (κ3) is 4.34. The molecule has 17 heavy (non-hydrogen) atoms. The first kappa shape index (κ1) is 14.0. The molecule has 1 N–H and O–H groups in total. The number of rotatable bonds is 7. The predicted molar refractivity (Wildman–Crippen MR) is 69.0 cm³/mol. The molecule has 1 unspecified atom stereocenters. The molecule has 1 aromatic heterocycles. The summed E-state index contributed by atoms with van der Waals surface area (Å²) in [5.41, 5.74) is 0. The van der Waals surface area contributed by atoms with Crippen molar-refractivity contribution < 1.29 is 4.42 Å². The number of nitrogens with zero attached hydrogens (tertiary/aromatic N) is 3. The van der Waals surface area contributed by atoms with Crippen LogP contribution in [0.3, 0.4) is 0 Å². The highest BCUT2D eigenvalue weighted by Crippen LogP contribution is 2.15. The van der Waals surface area contributed by atoms with E-state index in [1.165, 1.54) is 0 Å². The van der Waals surface area contributed by atoms with Crippen LogP contribution in [0.25, 0.3) is 0 Å². The second-order valence-corrected chi connectivity index (χ2v) is 4.76. The van der Waals surface area contributed by atoms with Gasteiger partial charge in [0.2, 0.25) is 5.89 Å². The molecular weight excluding hydrogens is 216 g/mol. The summed E-state index contributed by atoms with van der Waals surface area (Å²) in [5, 5.41) is 11.4. The topological polar surface area (TPSA) is 54.2 Å². The van der Waals surface area contributed by atoms with Crippen molar-refractivity contribution in [1.29, 1.82) is 0 Å². The molecular formula is C12H24N4O. The van der Waals surface area contributed by atoms with E-state index in [9.17, 15) is 0 Å². The number of aromatic nitrogens is 2. The first-order valence-corrected chi connectivity index (χ1v) is 6.33. The molecule has 5 nitrogen and oxygen atoms in total. The second-order valence-electron chi connectivity index (χ2n) is 4.76.